The van der Waals surface area contributed by atoms with Gasteiger partial charge in [0.25, 0.3) is 0 Å². The van der Waals surface area contributed by atoms with Crippen molar-refractivity contribution in [3.05, 3.63) is 24.3 Å². The SMILES string of the molecule is O=C(NCC1COCCO1)Nc1ccccc1OC(F)(F)F. The number of nitrogens with one attached hydrogen (secondary N) is 2. The van der Waals surface area contributed by atoms with Gasteiger partial charge in [0.05, 0.1) is 31.6 Å². The predicted molar refractivity (Wildman–Crippen MR) is 70.7 cm³/mol. The minimum absolute atomic E-state index is 0.0851. The molecule has 2 N–H and O–H groups in total. The number of anilines is 1. The van der Waals surface area contributed by atoms with Gasteiger partial charge in [0.1, 0.15) is 0 Å². The molecule has 1 fully saturated rings. The molecule has 1 aliphatic heterocycles. The van der Waals surface area contributed by atoms with Crippen LogP contribution in [-0.4, -0.2) is 44.9 Å². The molecule has 2 amide bonds. The van der Waals surface area contributed by atoms with Crippen LogP contribution in [0.2, 0.25) is 0 Å². The summed E-state index contributed by atoms with van der Waals surface area (Å²) in [5.41, 5.74) is -0.0851. The third kappa shape index (κ3) is 5.41. The molecule has 0 radical (unpaired) electrons. The van der Waals surface area contributed by atoms with E-state index < -0.39 is 18.1 Å². The summed E-state index contributed by atoms with van der Waals surface area (Å²) in [5.74, 6) is -0.484. The van der Waals surface area contributed by atoms with Gasteiger partial charge in [0, 0.05) is 6.54 Å². The number of halogens is 3. The first-order valence-electron chi connectivity index (χ1n) is 6.53. The molecular weight excluding hydrogens is 305 g/mol. The molecule has 1 unspecified atom stereocenters. The summed E-state index contributed by atoms with van der Waals surface area (Å²) < 4.78 is 51.1. The number of hydrogen-bond donors (Lipinski definition) is 2. The van der Waals surface area contributed by atoms with Crippen LogP contribution in [0.25, 0.3) is 0 Å². The second-order valence-corrected chi connectivity index (χ2v) is 4.45. The van der Waals surface area contributed by atoms with Crippen LogP contribution in [0, 0.1) is 0 Å². The monoisotopic (exact) mass is 320 g/mol. The quantitative estimate of drug-likeness (QED) is 0.892. The Balaban J connectivity index is 1.88. The zero-order valence-electron chi connectivity index (χ0n) is 11.5. The molecule has 0 aromatic heterocycles. The second-order valence-electron chi connectivity index (χ2n) is 4.45. The molecule has 0 spiro atoms. The van der Waals surface area contributed by atoms with E-state index in [0.29, 0.717) is 19.8 Å². The third-order valence-electron chi connectivity index (χ3n) is 2.74. The molecule has 0 aliphatic carbocycles. The summed E-state index contributed by atoms with van der Waals surface area (Å²) in [6.07, 6.45) is -5.11. The predicted octanol–water partition coefficient (Wildman–Crippen LogP) is 2.12. The second kappa shape index (κ2) is 7.32. The van der Waals surface area contributed by atoms with E-state index in [4.69, 9.17) is 9.47 Å². The standard InChI is InChI=1S/C13H15F3N2O4/c14-13(15,16)22-11-4-2-1-3-10(11)18-12(19)17-7-9-8-20-5-6-21-9/h1-4,9H,5-8H2,(H2,17,18,19). The Hall–Kier alpha value is -2.00. The molecule has 22 heavy (non-hydrogen) atoms. The number of hydrogen-bond acceptors (Lipinski definition) is 4. The van der Waals surface area contributed by atoms with E-state index >= 15 is 0 Å². The van der Waals surface area contributed by atoms with E-state index in [1.807, 2.05) is 0 Å². The average molecular weight is 320 g/mol. The van der Waals surface area contributed by atoms with Gasteiger partial charge in [-0.3, -0.25) is 0 Å². The minimum Gasteiger partial charge on any atom is -0.404 e. The van der Waals surface area contributed by atoms with Crippen molar-refractivity contribution >= 4 is 11.7 Å². The molecule has 1 aromatic rings. The Labute approximate surface area is 124 Å². The number of urea groups is 1. The average Bonchev–Trinajstić information content (AvgIpc) is 2.47. The molecule has 9 heteroatoms. The van der Waals surface area contributed by atoms with Gasteiger partial charge in [0.2, 0.25) is 0 Å². The van der Waals surface area contributed by atoms with Crippen LogP contribution < -0.4 is 15.4 Å². The fourth-order valence-electron chi connectivity index (χ4n) is 1.81. The maximum Gasteiger partial charge on any atom is 0.573 e. The van der Waals surface area contributed by atoms with Gasteiger partial charge in [0.15, 0.2) is 5.75 Å². The summed E-state index contributed by atoms with van der Waals surface area (Å²) in [6, 6.07) is 4.61. The topological polar surface area (TPSA) is 68.8 Å². The zero-order chi connectivity index (χ0) is 16.0. The van der Waals surface area contributed by atoms with Gasteiger partial charge >= 0.3 is 12.4 Å². The van der Waals surface area contributed by atoms with E-state index in [-0.39, 0.29) is 18.3 Å². The van der Waals surface area contributed by atoms with Crippen molar-refractivity contribution in [3.8, 4) is 5.75 Å². The number of amides is 2. The third-order valence-corrected chi connectivity index (χ3v) is 2.74. The number of carbonyl (C=O) groups is 1. The number of para-hydroxylation sites is 2. The number of ether oxygens (including phenoxy) is 3. The Morgan fingerprint density at radius 2 is 2.09 bits per heavy atom. The fourth-order valence-corrected chi connectivity index (χ4v) is 1.81. The normalized spacial score (nSPS) is 18.6. The van der Waals surface area contributed by atoms with Crippen LogP contribution in [0.5, 0.6) is 5.75 Å². The first-order valence-corrected chi connectivity index (χ1v) is 6.53. The van der Waals surface area contributed by atoms with Crippen molar-refractivity contribution in [2.45, 2.75) is 12.5 Å². The van der Waals surface area contributed by atoms with Gasteiger partial charge in [-0.1, -0.05) is 12.1 Å². The Morgan fingerprint density at radius 3 is 2.77 bits per heavy atom. The molecule has 6 nitrogen and oxygen atoms in total. The first-order chi connectivity index (χ1) is 10.4. The maximum absolute atomic E-state index is 12.3. The highest BCUT2D eigenvalue weighted by molar-refractivity contribution is 5.90. The van der Waals surface area contributed by atoms with Crippen molar-refractivity contribution in [2.24, 2.45) is 0 Å². The smallest absolute Gasteiger partial charge is 0.404 e. The highest BCUT2D eigenvalue weighted by Gasteiger charge is 2.32. The molecule has 1 saturated heterocycles. The summed E-state index contributed by atoms with van der Waals surface area (Å²) in [5, 5.41) is 4.80. The van der Waals surface area contributed by atoms with Crippen LogP contribution in [0.1, 0.15) is 0 Å². The van der Waals surface area contributed by atoms with Gasteiger partial charge in [-0.2, -0.15) is 0 Å². The number of benzene rings is 1. The molecule has 1 heterocycles. The highest BCUT2D eigenvalue weighted by Crippen LogP contribution is 2.29. The molecular formula is C13H15F3N2O4. The van der Waals surface area contributed by atoms with E-state index in [9.17, 15) is 18.0 Å². The largest absolute Gasteiger partial charge is 0.573 e. The zero-order valence-corrected chi connectivity index (χ0v) is 11.5. The Bertz CT molecular complexity index is 504. The highest BCUT2D eigenvalue weighted by atomic mass is 19.4. The van der Waals surface area contributed by atoms with Crippen LogP contribution in [0.4, 0.5) is 23.7 Å². The summed E-state index contributed by atoms with van der Waals surface area (Å²) >= 11 is 0. The van der Waals surface area contributed by atoms with E-state index in [1.54, 1.807) is 0 Å². The van der Waals surface area contributed by atoms with Crippen LogP contribution in [0.3, 0.4) is 0 Å². The van der Waals surface area contributed by atoms with Crippen molar-refractivity contribution in [3.63, 3.8) is 0 Å². The van der Waals surface area contributed by atoms with E-state index in [0.717, 1.165) is 6.07 Å². The lowest BCUT2D eigenvalue weighted by Crippen LogP contribution is -2.41. The fraction of sp³-hybridized carbons (Fsp3) is 0.462. The maximum atomic E-state index is 12.3. The van der Waals surface area contributed by atoms with Crippen LogP contribution >= 0.6 is 0 Å². The molecule has 1 aromatic carbocycles. The lowest BCUT2D eigenvalue weighted by atomic mass is 10.3. The number of rotatable bonds is 4. The van der Waals surface area contributed by atoms with Gasteiger partial charge in [-0.15, -0.1) is 13.2 Å². The molecule has 1 atom stereocenters. The molecule has 1 aliphatic rings. The summed E-state index contributed by atoms with van der Waals surface area (Å²) in [6.45, 7) is 1.49. The van der Waals surface area contributed by atoms with Crippen molar-refractivity contribution < 1.29 is 32.2 Å². The number of alkyl halides is 3. The Kier molecular flexibility index (Phi) is 5.45. The Morgan fingerprint density at radius 1 is 1.32 bits per heavy atom. The van der Waals surface area contributed by atoms with Gasteiger partial charge in [-0.25, -0.2) is 4.79 Å². The van der Waals surface area contributed by atoms with E-state index in [2.05, 4.69) is 15.4 Å². The first kappa shape index (κ1) is 16.4. The van der Waals surface area contributed by atoms with Crippen LogP contribution in [0.15, 0.2) is 24.3 Å². The van der Waals surface area contributed by atoms with E-state index in [1.165, 1.54) is 18.2 Å². The van der Waals surface area contributed by atoms with Gasteiger partial charge < -0.3 is 24.8 Å². The van der Waals surface area contributed by atoms with Crippen molar-refractivity contribution in [1.29, 1.82) is 0 Å². The summed E-state index contributed by atoms with van der Waals surface area (Å²) in [4.78, 5) is 11.7. The van der Waals surface area contributed by atoms with Crippen molar-refractivity contribution in [2.75, 3.05) is 31.7 Å². The minimum atomic E-state index is -4.83. The molecule has 122 valence electrons. The number of carbonyl (C=O) groups excluding carboxylic acids is 1. The molecule has 0 bridgehead atoms. The van der Waals surface area contributed by atoms with Crippen LogP contribution in [-0.2, 0) is 9.47 Å². The summed E-state index contributed by atoms with van der Waals surface area (Å²) in [7, 11) is 0. The van der Waals surface area contributed by atoms with Gasteiger partial charge in [-0.05, 0) is 12.1 Å². The molecule has 2 rings (SSSR count). The van der Waals surface area contributed by atoms with Crippen molar-refractivity contribution in [1.82, 2.24) is 5.32 Å². The lowest BCUT2D eigenvalue weighted by molar-refractivity contribution is -0.274. The lowest BCUT2D eigenvalue weighted by Gasteiger charge is -2.23. The molecule has 0 saturated carbocycles.